The third kappa shape index (κ3) is 6.60. The monoisotopic (exact) mass is 518 g/mol. The minimum absolute atomic E-state index is 0.0352. The second-order valence-corrected chi connectivity index (χ2v) is 10.3. The zero-order chi connectivity index (χ0) is 27.1. The van der Waals surface area contributed by atoms with Crippen molar-refractivity contribution in [2.24, 2.45) is 11.8 Å². The van der Waals surface area contributed by atoms with E-state index >= 15 is 0 Å². The number of fused-ring (bicyclic) bond motifs is 1. The van der Waals surface area contributed by atoms with Gasteiger partial charge in [0.05, 0.1) is 19.3 Å². The molecule has 0 fully saturated rings. The molecule has 5 N–H and O–H groups in total. The van der Waals surface area contributed by atoms with Crippen molar-refractivity contribution < 1.29 is 30.3 Å². The van der Waals surface area contributed by atoms with Crippen LogP contribution in [0, 0.1) is 23.7 Å². The average Bonchev–Trinajstić information content (AvgIpc) is 2.91. The second-order valence-electron chi connectivity index (χ2n) is 10.3. The van der Waals surface area contributed by atoms with E-state index in [0.717, 1.165) is 46.7 Å². The van der Waals surface area contributed by atoms with Crippen LogP contribution in [0.3, 0.4) is 0 Å². The Hall–Kier alpha value is -3.24. The van der Waals surface area contributed by atoms with Gasteiger partial charge in [-0.2, -0.15) is 0 Å². The van der Waals surface area contributed by atoms with Crippen molar-refractivity contribution in [2.75, 3.05) is 13.7 Å². The summed E-state index contributed by atoms with van der Waals surface area (Å²) in [6.45, 7) is 0.117. The molecule has 6 heteroatoms. The number of aliphatic hydroxyl groups is 3. The highest BCUT2D eigenvalue weighted by Gasteiger charge is 2.27. The van der Waals surface area contributed by atoms with Gasteiger partial charge in [-0.1, -0.05) is 43.0 Å². The molecule has 0 spiro atoms. The van der Waals surface area contributed by atoms with E-state index in [4.69, 9.17) is 4.74 Å². The number of hydrogen-bond donors (Lipinski definition) is 5. The third-order valence-electron chi connectivity index (χ3n) is 7.66. The Bertz CT molecular complexity index is 1290. The first-order valence-electron chi connectivity index (χ1n) is 13.5. The third-order valence-corrected chi connectivity index (χ3v) is 7.66. The number of aryl methyl sites for hydroxylation is 1. The summed E-state index contributed by atoms with van der Waals surface area (Å²) in [6, 6.07) is 14.5. The quantitative estimate of drug-likeness (QED) is 0.264. The largest absolute Gasteiger partial charge is 0.508 e. The van der Waals surface area contributed by atoms with Crippen LogP contribution in [0.1, 0.15) is 50.5 Å². The van der Waals surface area contributed by atoms with E-state index in [9.17, 15) is 25.5 Å². The molecule has 38 heavy (non-hydrogen) atoms. The minimum Gasteiger partial charge on any atom is -0.508 e. The molecule has 3 aromatic carbocycles. The van der Waals surface area contributed by atoms with Crippen LogP contribution in [0.25, 0.3) is 21.9 Å². The average molecular weight is 519 g/mol. The Morgan fingerprint density at radius 3 is 2.55 bits per heavy atom. The first-order chi connectivity index (χ1) is 18.4. The molecule has 0 radical (unpaired) electrons. The molecule has 0 saturated heterocycles. The van der Waals surface area contributed by atoms with Crippen molar-refractivity contribution in [1.29, 1.82) is 0 Å². The molecular formula is C32H38O6. The fourth-order valence-corrected chi connectivity index (χ4v) is 5.50. The molecule has 0 aliphatic heterocycles. The van der Waals surface area contributed by atoms with Crippen molar-refractivity contribution in [2.45, 2.75) is 63.6 Å². The molecule has 3 aromatic rings. The standard InChI is InChI=1S/C32H38O6/c1-38-32-30(37)16-13-22(31(32)25-10-9-24-20-26(34)14-11-23(24)19-25)12-15-29(36)27-7-4-6-21(17-18-33)5-2-3-8-28(27)35/h9-11,13-14,16,19-21,27-29,33-37H,2-3,5,7-8,12,15,17-18H2,1H3/t21-,27+,28+,29-/m1/s1. The fraction of sp³-hybridized carbons (Fsp3) is 0.438. The van der Waals surface area contributed by atoms with Crippen molar-refractivity contribution in [3.63, 3.8) is 0 Å². The zero-order valence-corrected chi connectivity index (χ0v) is 21.9. The van der Waals surface area contributed by atoms with Gasteiger partial charge in [0, 0.05) is 30.4 Å². The maximum atomic E-state index is 11.2. The first kappa shape index (κ1) is 27.8. The SMILES string of the molecule is COc1c(O)ccc(CC[C@@H](O)[C@H]2CC#C[C@H](CCO)CCCC[C@@H]2O)c1-c1ccc2cc(O)ccc2c1. The summed E-state index contributed by atoms with van der Waals surface area (Å²) in [5.41, 5.74) is 2.54. The molecule has 0 unspecified atom stereocenters. The van der Waals surface area contributed by atoms with Crippen LogP contribution >= 0.6 is 0 Å². The maximum absolute atomic E-state index is 11.2. The molecular weight excluding hydrogens is 480 g/mol. The number of hydrogen-bond acceptors (Lipinski definition) is 6. The lowest BCUT2D eigenvalue weighted by molar-refractivity contribution is 0.00557. The van der Waals surface area contributed by atoms with Crippen molar-refractivity contribution in [1.82, 2.24) is 0 Å². The second kappa shape index (κ2) is 13.0. The number of benzene rings is 3. The molecule has 6 nitrogen and oxygen atoms in total. The molecule has 0 heterocycles. The van der Waals surface area contributed by atoms with Crippen LogP contribution in [0.4, 0.5) is 0 Å². The number of ether oxygens (including phenoxy) is 1. The van der Waals surface area contributed by atoms with Gasteiger partial charge in [0.1, 0.15) is 5.75 Å². The van der Waals surface area contributed by atoms with Gasteiger partial charge in [-0.15, -0.1) is 5.92 Å². The van der Waals surface area contributed by atoms with Gasteiger partial charge in [0.25, 0.3) is 0 Å². The van der Waals surface area contributed by atoms with Crippen LogP contribution in [0.5, 0.6) is 17.2 Å². The van der Waals surface area contributed by atoms with Gasteiger partial charge in [-0.3, -0.25) is 0 Å². The van der Waals surface area contributed by atoms with Gasteiger partial charge in [0.15, 0.2) is 11.5 Å². The lowest BCUT2D eigenvalue weighted by Crippen LogP contribution is -2.32. The van der Waals surface area contributed by atoms with Crippen molar-refractivity contribution in [3.05, 3.63) is 54.1 Å². The van der Waals surface area contributed by atoms with E-state index in [1.54, 1.807) is 18.2 Å². The normalized spacial score (nSPS) is 20.9. The molecule has 1 aliphatic carbocycles. The van der Waals surface area contributed by atoms with E-state index < -0.39 is 12.2 Å². The lowest BCUT2D eigenvalue weighted by Gasteiger charge is -2.27. The number of methoxy groups -OCH3 is 1. The smallest absolute Gasteiger partial charge is 0.168 e. The summed E-state index contributed by atoms with van der Waals surface area (Å²) in [4.78, 5) is 0. The lowest BCUT2D eigenvalue weighted by atomic mass is 9.84. The van der Waals surface area contributed by atoms with Crippen LogP contribution in [0.15, 0.2) is 48.5 Å². The van der Waals surface area contributed by atoms with Gasteiger partial charge < -0.3 is 30.3 Å². The maximum Gasteiger partial charge on any atom is 0.168 e. The number of phenolic OH excluding ortho intramolecular Hbond substituents is 2. The summed E-state index contributed by atoms with van der Waals surface area (Å²) >= 11 is 0. The predicted molar refractivity (Wildman–Crippen MR) is 149 cm³/mol. The molecule has 0 amide bonds. The molecule has 1 aliphatic rings. The summed E-state index contributed by atoms with van der Waals surface area (Å²) < 4.78 is 5.60. The van der Waals surface area contributed by atoms with E-state index in [1.165, 1.54) is 7.11 Å². The number of aromatic hydroxyl groups is 2. The molecule has 4 rings (SSSR count). The molecule has 4 atom stereocenters. The van der Waals surface area contributed by atoms with E-state index in [0.29, 0.717) is 37.9 Å². The van der Waals surface area contributed by atoms with Gasteiger partial charge in [-0.05, 0) is 78.3 Å². The Morgan fingerprint density at radius 2 is 1.76 bits per heavy atom. The fourth-order valence-electron chi connectivity index (χ4n) is 5.50. The molecule has 202 valence electrons. The Morgan fingerprint density at radius 1 is 1.00 bits per heavy atom. The first-order valence-corrected chi connectivity index (χ1v) is 13.5. The zero-order valence-electron chi connectivity index (χ0n) is 21.9. The minimum atomic E-state index is -0.748. The van der Waals surface area contributed by atoms with Gasteiger partial charge in [-0.25, -0.2) is 0 Å². The van der Waals surface area contributed by atoms with Crippen LogP contribution < -0.4 is 4.74 Å². The summed E-state index contributed by atoms with van der Waals surface area (Å²) in [5.74, 6) is 6.84. The van der Waals surface area contributed by atoms with Crippen LogP contribution in [-0.2, 0) is 6.42 Å². The number of rotatable bonds is 8. The Labute approximate surface area is 224 Å². The highest BCUT2D eigenvalue weighted by atomic mass is 16.5. The van der Waals surface area contributed by atoms with Crippen molar-refractivity contribution >= 4 is 10.8 Å². The molecule has 0 aromatic heterocycles. The van der Waals surface area contributed by atoms with Crippen LogP contribution in [0.2, 0.25) is 0 Å². The highest BCUT2D eigenvalue weighted by molar-refractivity contribution is 5.90. The number of aliphatic hydroxyl groups excluding tert-OH is 3. The van der Waals surface area contributed by atoms with E-state index in [-0.39, 0.29) is 29.9 Å². The van der Waals surface area contributed by atoms with Gasteiger partial charge >= 0.3 is 0 Å². The van der Waals surface area contributed by atoms with E-state index in [2.05, 4.69) is 11.8 Å². The van der Waals surface area contributed by atoms with Crippen LogP contribution in [-0.4, -0.2) is 51.5 Å². The summed E-state index contributed by atoms with van der Waals surface area (Å²) in [6.07, 6.45) is 4.00. The summed E-state index contributed by atoms with van der Waals surface area (Å²) in [7, 11) is 1.52. The van der Waals surface area contributed by atoms with Crippen molar-refractivity contribution in [3.8, 4) is 40.2 Å². The topological polar surface area (TPSA) is 110 Å². The summed E-state index contributed by atoms with van der Waals surface area (Å²) in [5, 5.41) is 53.6. The predicted octanol–water partition coefficient (Wildman–Crippen LogP) is 5.16. The van der Waals surface area contributed by atoms with E-state index in [1.807, 2.05) is 30.3 Å². The highest BCUT2D eigenvalue weighted by Crippen LogP contribution is 2.42. The Kier molecular flexibility index (Phi) is 9.52. The number of phenols is 2. The van der Waals surface area contributed by atoms with Gasteiger partial charge in [0.2, 0.25) is 0 Å². The Balaban J connectivity index is 1.59. The molecule has 0 saturated carbocycles. The molecule has 0 bridgehead atoms.